The van der Waals surface area contributed by atoms with E-state index in [0.717, 1.165) is 31.4 Å². The number of furan rings is 1. The predicted octanol–water partition coefficient (Wildman–Crippen LogP) is 1.75. The van der Waals surface area contributed by atoms with Gasteiger partial charge in [-0.3, -0.25) is 10.1 Å². The number of nitrogen functional groups attached to an aromatic ring is 1. The molecule has 0 aliphatic carbocycles. The quantitative estimate of drug-likeness (QED) is 0.631. The van der Waals surface area contributed by atoms with Gasteiger partial charge in [0.1, 0.15) is 12.0 Å². The van der Waals surface area contributed by atoms with Gasteiger partial charge >= 0.3 is 5.69 Å². The van der Waals surface area contributed by atoms with Crippen LogP contribution in [-0.2, 0) is 11.3 Å². The van der Waals surface area contributed by atoms with E-state index in [4.69, 9.17) is 14.9 Å². The van der Waals surface area contributed by atoms with Crippen molar-refractivity contribution in [1.29, 1.82) is 0 Å². The molecule has 1 aliphatic heterocycles. The molecule has 0 radical (unpaired) electrons. The topological polar surface area (TPSA) is 121 Å². The third-order valence-electron chi connectivity index (χ3n) is 3.64. The zero-order chi connectivity index (χ0) is 16.2. The number of nitrogens with two attached hydrogens (primary N) is 1. The van der Waals surface area contributed by atoms with E-state index in [-0.39, 0.29) is 17.6 Å². The Labute approximate surface area is 132 Å². The summed E-state index contributed by atoms with van der Waals surface area (Å²) < 4.78 is 11.0. The molecule has 0 unspecified atom stereocenters. The van der Waals surface area contributed by atoms with E-state index >= 15 is 0 Å². The number of hydrogen-bond acceptors (Lipinski definition) is 8. The molecule has 1 saturated heterocycles. The van der Waals surface area contributed by atoms with Crippen molar-refractivity contribution < 1.29 is 14.1 Å². The van der Waals surface area contributed by atoms with E-state index in [2.05, 4.69) is 9.97 Å². The fourth-order valence-electron chi connectivity index (χ4n) is 2.51. The van der Waals surface area contributed by atoms with Gasteiger partial charge in [-0.2, -0.15) is 4.98 Å². The molecule has 0 spiro atoms. The van der Waals surface area contributed by atoms with Crippen LogP contribution in [0.4, 0.5) is 17.5 Å². The highest BCUT2D eigenvalue weighted by Gasteiger charge is 2.23. The Morgan fingerprint density at radius 2 is 2.39 bits per heavy atom. The first kappa shape index (κ1) is 15.2. The zero-order valence-electron chi connectivity index (χ0n) is 12.4. The summed E-state index contributed by atoms with van der Waals surface area (Å²) in [5, 5.41) is 10.8. The number of ether oxygens (including phenoxy) is 1. The van der Waals surface area contributed by atoms with Gasteiger partial charge in [0.15, 0.2) is 0 Å². The van der Waals surface area contributed by atoms with Gasteiger partial charge in [0, 0.05) is 13.2 Å². The molecule has 2 aromatic rings. The van der Waals surface area contributed by atoms with Crippen LogP contribution in [0.3, 0.4) is 0 Å². The van der Waals surface area contributed by atoms with Crippen LogP contribution in [-0.4, -0.2) is 34.1 Å². The zero-order valence-corrected chi connectivity index (χ0v) is 12.4. The van der Waals surface area contributed by atoms with Crippen LogP contribution in [0.25, 0.3) is 0 Å². The minimum absolute atomic E-state index is 0.0741. The fourth-order valence-corrected chi connectivity index (χ4v) is 2.51. The summed E-state index contributed by atoms with van der Waals surface area (Å²) in [7, 11) is 0. The molecule has 122 valence electrons. The molecule has 1 aliphatic rings. The van der Waals surface area contributed by atoms with Crippen molar-refractivity contribution in [2.75, 3.05) is 23.8 Å². The number of hydrogen-bond donors (Lipinski definition) is 1. The SMILES string of the molecule is Nc1nc(N(Cc2ccco2)C[C@H]2CCCO2)ncc1[N+](=O)[O-]. The van der Waals surface area contributed by atoms with Crippen molar-refractivity contribution in [2.24, 2.45) is 0 Å². The Morgan fingerprint density at radius 1 is 1.52 bits per heavy atom. The van der Waals surface area contributed by atoms with E-state index in [1.807, 2.05) is 11.0 Å². The summed E-state index contributed by atoms with van der Waals surface area (Å²) in [6.45, 7) is 1.74. The minimum Gasteiger partial charge on any atom is -0.467 e. The first-order valence-corrected chi connectivity index (χ1v) is 7.29. The molecule has 1 fully saturated rings. The van der Waals surface area contributed by atoms with Gasteiger partial charge < -0.3 is 19.8 Å². The second-order valence-corrected chi connectivity index (χ2v) is 5.29. The van der Waals surface area contributed by atoms with Crippen LogP contribution in [0, 0.1) is 10.1 Å². The van der Waals surface area contributed by atoms with Crippen molar-refractivity contribution in [2.45, 2.75) is 25.5 Å². The van der Waals surface area contributed by atoms with Crippen LogP contribution in [0.5, 0.6) is 0 Å². The summed E-state index contributed by atoms with van der Waals surface area (Å²) in [5.41, 5.74) is 5.37. The largest absolute Gasteiger partial charge is 0.467 e. The molecule has 2 aromatic heterocycles. The Kier molecular flexibility index (Phi) is 4.38. The van der Waals surface area contributed by atoms with Crippen molar-refractivity contribution >= 4 is 17.5 Å². The maximum atomic E-state index is 10.8. The minimum atomic E-state index is -0.601. The van der Waals surface area contributed by atoms with E-state index < -0.39 is 4.92 Å². The molecule has 3 rings (SSSR count). The van der Waals surface area contributed by atoms with Crippen LogP contribution in [0.1, 0.15) is 18.6 Å². The summed E-state index contributed by atoms with van der Waals surface area (Å²) in [4.78, 5) is 20.2. The number of anilines is 2. The Bertz CT molecular complexity index is 670. The van der Waals surface area contributed by atoms with Gasteiger partial charge in [0.05, 0.1) is 23.8 Å². The monoisotopic (exact) mass is 319 g/mol. The van der Waals surface area contributed by atoms with Crippen molar-refractivity contribution in [3.63, 3.8) is 0 Å². The second-order valence-electron chi connectivity index (χ2n) is 5.29. The van der Waals surface area contributed by atoms with E-state index in [1.54, 1.807) is 12.3 Å². The average Bonchev–Trinajstić information content (AvgIpc) is 3.19. The van der Waals surface area contributed by atoms with Gasteiger partial charge in [-0.25, -0.2) is 4.98 Å². The Balaban J connectivity index is 1.84. The highest BCUT2D eigenvalue weighted by Crippen LogP contribution is 2.23. The number of nitro groups is 1. The number of rotatable bonds is 6. The molecule has 9 nitrogen and oxygen atoms in total. The average molecular weight is 319 g/mol. The van der Waals surface area contributed by atoms with Gasteiger partial charge in [-0.1, -0.05) is 0 Å². The van der Waals surface area contributed by atoms with Gasteiger partial charge in [-0.15, -0.1) is 0 Å². The molecule has 1 atom stereocenters. The molecule has 0 saturated carbocycles. The molecule has 0 aromatic carbocycles. The molecule has 3 heterocycles. The molecule has 2 N–H and O–H groups in total. The van der Waals surface area contributed by atoms with Gasteiger partial charge in [0.25, 0.3) is 0 Å². The normalized spacial score (nSPS) is 17.3. The lowest BCUT2D eigenvalue weighted by molar-refractivity contribution is -0.384. The smallest absolute Gasteiger partial charge is 0.329 e. The highest BCUT2D eigenvalue weighted by molar-refractivity contribution is 5.53. The lowest BCUT2D eigenvalue weighted by atomic mass is 10.2. The van der Waals surface area contributed by atoms with E-state index in [0.29, 0.717) is 19.0 Å². The first-order chi connectivity index (χ1) is 11.1. The molecule has 9 heteroatoms. The van der Waals surface area contributed by atoms with Gasteiger partial charge in [0.2, 0.25) is 11.8 Å². The van der Waals surface area contributed by atoms with E-state index in [1.165, 1.54) is 0 Å². The molecule has 0 bridgehead atoms. The molecule has 0 amide bonds. The number of aromatic nitrogens is 2. The van der Waals surface area contributed by atoms with Crippen molar-refractivity contribution in [3.8, 4) is 0 Å². The maximum absolute atomic E-state index is 10.8. The lowest BCUT2D eigenvalue weighted by Crippen LogP contribution is -2.33. The standard InChI is InChI=1S/C14H17N5O4/c15-13-12(19(20)21)7-16-14(17-13)18(8-10-3-1-5-22-10)9-11-4-2-6-23-11/h1,3,5,7,11H,2,4,6,8-9H2,(H2,15,16,17)/t11-/m1/s1. The third kappa shape index (κ3) is 3.57. The predicted molar refractivity (Wildman–Crippen MR) is 81.8 cm³/mol. The Morgan fingerprint density at radius 3 is 3.00 bits per heavy atom. The third-order valence-corrected chi connectivity index (χ3v) is 3.64. The molecule has 23 heavy (non-hydrogen) atoms. The second kappa shape index (κ2) is 6.61. The Hall–Kier alpha value is -2.68. The van der Waals surface area contributed by atoms with E-state index in [9.17, 15) is 10.1 Å². The van der Waals surface area contributed by atoms with Crippen LogP contribution in [0.15, 0.2) is 29.0 Å². The summed E-state index contributed by atoms with van der Waals surface area (Å²) in [6, 6.07) is 3.64. The molecular formula is C14H17N5O4. The van der Waals surface area contributed by atoms with Crippen LogP contribution < -0.4 is 10.6 Å². The number of nitrogens with zero attached hydrogens (tertiary/aromatic N) is 4. The summed E-state index contributed by atoms with van der Waals surface area (Å²) in [6.07, 6.45) is 4.76. The van der Waals surface area contributed by atoms with Crippen LogP contribution >= 0.6 is 0 Å². The lowest BCUT2D eigenvalue weighted by Gasteiger charge is -2.24. The van der Waals surface area contributed by atoms with Crippen molar-refractivity contribution in [3.05, 3.63) is 40.5 Å². The molecular weight excluding hydrogens is 302 g/mol. The van der Waals surface area contributed by atoms with Gasteiger partial charge in [-0.05, 0) is 25.0 Å². The fraction of sp³-hybridized carbons (Fsp3) is 0.429. The first-order valence-electron chi connectivity index (χ1n) is 7.29. The highest BCUT2D eigenvalue weighted by atomic mass is 16.6. The summed E-state index contributed by atoms with van der Waals surface area (Å²) >= 11 is 0. The maximum Gasteiger partial charge on any atom is 0.329 e. The van der Waals surface area contributed by atoms with Crippen molar-refractivity contribution in [1.82, 2.24) is 9.97 Å². The summed E-state index contributed by atoms with van der Waals surface area (Å²) in [5.74, 6) is 0.903. The van der Waals surface area contributed by atoms with Crippen LogP contribution in [0.2, 0.25) is 0 Å².